The number of aliphatic hydroxyl groups excluding tert-OH is 1. The van der Waals surface area contributed by atoms with Crippen molar-refractivity contribution >= 4 is 5.91 Å². The van der Waals surface area contributed by atoms with Crippen LogP contribution in [-0.4, -0.2) is 42.2 Å². The van der Waals surface area contributed by atoms with Crippen molar-refractivity contribution in [1.29, 1.82) is 0 Å². The Kier molecular flexibility index (Phi) is 5.66. The number of benzene rings is 1. The number of hydrogen-bond donors (Lipinski definition) is 2. The molecule has 1 rings (SSSR count). The van der Waals surface area contributed by atoms with Gasteiger partial charge in [0, 0.05) is 18.7 Å². The first-order valence-corrected chi connectivity index (χ1v) is 5.92. The van der Waals surface area contributed by atoms with Crippen LogP contribution in [0, 0.1) is 0 Å². The van der Waals surface area contributed by atoms with E-state index in [4.69, 9.17) is 10.8 Å². The summed E-state index contributed by atoms with van der Waals surface area (Å²) >= 11 is 0. The molecule has 0 atom stereocenters. The number of carbonyl (C=O) groups excluding carboxylic acids is 1. The molecule has 0 radical (unpaired) electrons. The van der Waals surface area contributed by atoms with Crippen LogP contribution in [0.15, 0.2) is 24.3 Å². The third kappa shape index (κ3) is 3.84. The van der Waals surface area contributed by atoms with Gasteiger partial charge in [-0.2, -0.15) is 0 Å². The molecule has 0 heterocycles. The van der Waals surface area contributed by atoms with Crippen molar-refractivity contribution in [2.45, 2.75) is 13.3 Å². The van der Waals surface area contributed by atoms with Crippen LogP contribution in [0.3, 0.4) is 0 Å². The van der Waals surface area contributed by atoms with E-state index in [1.807, 2.05) is 31.2 Å². The highest BCUT2D eigenvalue weighted by atomic mass is 16.3. The van der Waals surface area contributed by atoms with Gasteiger partial charge in [0.05, 0.1) is 6.61 Å². The largest absolute Gasteiger partial charge is 0.395 e. The lowest BCUT2D eigenvalue weighted by molar-refractivity contribution is 0.0732. The van der Waals surface area contributed by atoms with Crippen molar-refractivity contribution in [2.24, 2.45) is 5.73 Å². The van der Waals surface area contributed by atoms with Gasteiger partial charge in [-0.1, -0.05) is 12.1 Å². The zero-order valence-corrected chi connectivity index (χ0v) is 10.2. The van der Waals surface area contributed by atoms with Crippen molar-refractivity contribution in [3.63, 3.8) is 0 Å². The molecular weight excluding hydrogens is 216 g/mol. The Morgan fingerprint density at radius 1 is 1.35 bits per heavy atom. The molecule has 17 heavy (non-hydrogen) atoms. The maximum Gasteiger partial charge on any atom is 0.253 e. The van der Waals surface area contributed by atoms with Gasteiger partial charge >= 0.3 is 0 Å². The molecule has 4 heteroatoms. The highest BCUT2D eigenvalue weighted by Crippen LogP contribution is 2.08. The molecule has 0 unspecified atom stereocenters. The van der Waals surface area contributed by atoms with Gasteiger partial charge in [-0.25, -0.2) is 0 Å². The molecule has 4 nitrogen and oxygen atoms in total. The number of nitrogens with zero attached hydrogens (tertiary/aromatic N) is 1. The molecule has 0 aliphatic rings. The van der Waals surface area contributed by atoms with Crippen LogP contribution in [0.25, 0.3) is 0 Å². The maximum atomic E-state index is 12.0. The Hall–Kier alpha value is -1.39. The van der Waals surface area contributed by atoms with Crippen LogP contribution in [0.2, 0.25) is 0 Å². The van der Waals surface area contributed by atoms with E-state index in [1.54, 1.807) is 4.90 Å². The molecule has 0 aliphatic heterocycles. The second-order valence-corrected chi connectivity index (χ2v) is 3.84. The quantitative estimate of drug-likeness (QED) is 0.762. The van der Waals surface area contributed by atoms with Crippen LogP contribution >= 0.6 is 0 Å². The van der Waals surface area contributed by atoms with Crippen LogP contribution < -0.4 is 5.73 Å². The fourth-order valence-corrected chi connectivity index (χ4v) is 1.69. The van der Waals surface area contributed by atoms with Crippen molar-refractivity contribution in [1.82, 2.24) is 4.90 Å². The summed E-state index contributed by atoms with van der Waals surface area (Å²) in [5.41, 5.74) is 7.25. The van der Waals surface area contributed by atoms with Crippen LogP contribution in [-0.2, 0) is 6.42 Å². The summed E-state index contributed by atoms with van der Waals surface area (Å²) in [6.45, 7) is 3.48. The Bertz CT molecular complexity index is 349. The van der Waals surface area contributed by atoms with Crippen molar-refractivity contribution in [3.05, 3.63) is 35.4 Å². The summed E-state index contributed by atoms with van der Waals surface area (Å²) in [6.07, 6.45) is 0.822. The van der Waals surface area contributed by atoms with Gasteiger partial charge in [-0.3, -0.25) is 4.79 Å². The van der Waals surface area contributed by atoms with E-state index in [-0.39, 0.29) is 12.5 Å². The van der Waals surface area contributed by atoms with E-state index in [0.717, 1.165) is 12.0 Å². The molecular formula is C13H20N2O2. The average Bonchev–Trinajstić information content (AvgIpc) is 2.36. The molecule has 0 saturated heterocycles. The second kappa shape index (κ2) is 7.04. The number of nitrogens with two attached hydrogens (primary N) is 1. The van der Waals surface area contributed by atoms with Gasteiger partial charge in [0.1, 0.15) is 0 Å². The van der Waals surface area contributed by atoms with Gasteiger partial charge in [-0.05, 0) is 37.6 Å². The van der Waals surface area contributed by atoms with Crippen molar-refractivity contribution in [3.8, 4) is 0 Å². The molecule has 0 aliphatic carbocycles. The SMILES string of the molecule is CCN(CCO)C(=O)c1ccc(CCN)cc1. The average molecular weight is 236 g/mol. The Morgan fingerprint density at radius 3 is 2.47 bits per heavy atom. The summed E-state index contributed by atoms with van der Waals surface area (Å²) in [4.78, 5) is 13.6. The summed E-state index contributed by atoms with van der Waals surface area (Å²) in [5.74, 6) is -0.0409. The lowest BCUT2D eigenvalue weighted by Gasteiger charge is -2.19. The van der Waals surface area contributed by atoms with E-state index in [2.05, 4.69) is 0 Å². The van der Waals surface area contributed by atoms with E-state index in [9.17, 15) is 4.79 Å². The Labute approximate surface area is 102 Å². The third-order valence-corrected chi connectivity index (χ3v) is 2.67. The summed E-state index contributed by atoms with van der Waals surface area (Å²) in [5, 5.41) is 8.87. The first kappa shape index (κ1) is 13.7. The Balaban J connectivity index is 2.74. The fourth-order valence-electron chi connectivity index (χ4n) is 1.69. The zero-order chi connectivity index (χ0) is 12.7. The molecule has 1 aromatic carbocycles. The fraction of sp³-hybridized carbons (Fsp3) is 0.462. The number of likely N-dealkylation sites (N-methyl/N-ethyl adjacent to an activating group) is 1. The lowest BCUT2D eigenvalue weighted by Crippen LogP contribution is -2.33. The molecule has 94 valence electrons. The minimum atomic E-state index is -0.0409. The smallest absolute Gasteiger partial charge is 0.253 e. The van der Waals surface area contributed by atoms with Gasteiger partial charge in [0.25, 0.3) is 5.91 Å². The third-order valence-electron chi connectivity index (χ3n) is 2.67. The maximum absolute atomic E-state index is 12.0. The highest BCUT2D eigenvalue weighted by Gasteiger charge is 2.12. The lowest BCUT2D eigenvalue weighted by atomic mass is 10.1. The van der Waals surface area contributed by atoms with Gasteiger partial charge in [0.15, 0.2) is 0 Å². The number of hydrogen-bond acceptors (Lipinski definition) is 3. The number of carbonyl (C=O) groups is 1. The minimum Gasteiger partial charge on any atom is -0.395 e. The van der Waals surface area contributed by atoms with Crippen molar-refractivity contribution in [2.75, 3.05) is 26.2 Å². The molecule has 0 spiro atoms. The molecule has 1 amide bonds. The van der Waals surface area contributed by atoms with Crippen LogP contribution in [0.1, 0.15) is 22.8 Å². The minimum absolute atomic E-state index is 0.00909. The van der Waals surface area contributed by atoms with Gasteiger partial charge in [-0.15, -0.1) is 0 Å². The van der Waals surface area contributed by atoms with Crippen LogP contribution in [0.5, 0.6) is 0 Å². The molecule has 3 N–H and O–H groups in total. The topological polar surface area (TPSA) is 66.6 Å². The number of rotatable bonds is 6. The van der Waals surface area contributed by atoms with Gasteiger partial charge in [0.2, 0.25) is 0 Å². The van der Waals surface area contributed by atoms with Gasteiger partial charge < -0.3 is 15.7 Å². The number of aliphatic hydroxyl groups is 1. The van der Waals surface area contributed by atoms with E-state index in [0.29, 0.717) is 25.2 Å². The van der Waals surface area contributed by atoms with E-state index >= 15 is 0 Å². The predicted molar refractivity (Wildman–Crippen MR) is 67.9 cm³/mol. The second-order valence-electron chi connectivity index (χ2n) is 3.84. The molecule has 0 saturated carbocycles. The summed E-state index contributed by atoms with van der Waals surface area (Å²) in [7, 11) is 0. The Morgan fingerprint density at radius 2 is 2.00 bits per heavy atom. The monoisotopic (exact) mass is 236 g/mol. The molecule has 0 aromatic heterocycles. The summed E-state index contributed by atoms with van der Waals surface area (Å²) < 4.78 is 0. The number of amides is 1. The highest BCUT2D eigenvalue weighted by molar-refractivity contribution is 5.94. The molecule has 0 bridgehead atoms. The van der Waals surface area contributed by atoms with Crippen molar-refractivity contribution < 1.29 is 9.90 Å². The van der Waals surface area contributed by atoms with E-state index in [1.165, 1.54) is 0 Å². The predicted octanol–water partition coefficient (Wildman–Crippen LogP) is 0.642. The first-order valence-electron chi connectivity index (χ1n) is 5.92. The first-order chi connectivity index (χ1) is 8.22. The standard InChI is InChI=1S/C13H20N2O2/c1-2-15(9-10-16)13(17)12-5-3-11(4-6-12)7-8-14/h3-6,16H,2,7-10,14H2,1H3. The normalized spacial score (nSPS) is 10.3. The summed E-state index contributed by atoms with van der Waals surface area (Å²) in [6, 6.07) is 7.47. The van der Waals surface area contributed by atoms with Crippen LogP contribution in [0.4, 0.5) is 0 Å². The molecule has 1 aromatic rings. The molecule has 0 fully saturated rings. The van der Waals surface area contributed by atoms with E-state index < -0.39 is 0 Å². The zero-order valence-electron chi connectivity index (χ0n) is 10.2.